The number of aliphatic hydroxyl groups excluding tert-OH is 1. The molecule has 210 valence electrons. The predicted molar refractivity (Wildman–Crippen MR) is 84.0 cm³/mol. The molecule has 0 spiro atoms. The number of carbonyl (C=O) groups is 1. The number of halogens is 17. The molecule has 0 unspecified atom stereocenters. The molecular formula is C15H14ClF16NO2. The zero-order valence-corrected chi connectivity index (χ0v) is 17.3. The largest absolute Gasteiger partial charge is 0.396 e. The smallest absolute Gasteiger partial charge is 0.393 e. The Balaban J connectivity index is 6.19. The van der Waals surface area contributed by atoms with Crippen molar-refractivity contribution >= 4 is 17.5 Å². The fourth-order valence-electron chi connectivity index (χ4n) is 2.21. The van der Waals surface area contributed by atoms with Gasteiger partial charge in [0.2, 0.25) is 0 Å². The first-order chi connectivity index (χ1) is 15.2. The summed E-state index contributed by atoms with van der Waals surface area (Å²) in [7, 11) is 0. The number of rotatable bonds is 14. The number of unbranched alkanes of at least 4 members (excludes halogenated alkanes) is 3. The molecule has 0 heterocycles. The van der Waals surface area contributed by atoms with Gasteiger partial charge in [0.05, 0.1) is 0 Å². The molecule has 0 bridgehead atoms. The van der Waals surface area contributed by atoms with Crippen LogP contribution >= 0.6 is 11.6 Å². The van der Waals surface area contributed by atoms with Crippen LogP contribution in [0, 0.1) is 0 Å². The second-order valence-corrected chi connectivity index (χ2v) is 7.39. The Hall–Kier alpha value is -1.40. The Morgan fingerprint density at radius 2 is 0.914 bits per heavy atom. The maximum Gasteiger partial charge on any atom is 0.393 e. The van der Waals surface area contributed by atoms with Crippen LogP contribution in [0.4, 0.5) is 70.2 Å². The summed E-state index contributed by atoms with van der Waals surface area (Å²) in [6.45, 7) is -1.35. The van der Waals surface area contributed by atoms with Crippen LogP contribution in [0.3, 0.4) is 0 Å². The molecule has 0 aromatic rings. The van der Waals surface area contributed by atoms with Gasteiger partial charge in [-0.15, -0.1) is 0 Å². The fraction of sp³-hybridized carbons (Fsp3) is 0.933. The highest BCUT2D eigenvalue weighted by molar-refractivity contribution is 6.22. The molecule has 0 aliphatic carbocycles. The number of alkyl halides is 17. The second-order valence-electron chi connectivity index (χ2n) is 6.91. The molecule has 0 rings (SSSR count). The lowest BCUT2D eigenvalue weighted by Crippen LogP contribution is -2.75. The Kier molecular flexibility index (Phi) is 9.76. The minimum Gasteiger partial charge on any atom is -0.396 e. The van der Waals surface area contributed by atoms with Crippen molar-refractivity contribution in [1.29, 1.82) is 0 Å². The minimum atomic E-state index is -8.60. The van der Waals surface area contributed by atoms with E-state index >= 15 is 0 Å². The highest BCUT2D eigenvalue weighted by Gasteiger charge is 2.95. The average molecular weight is 580 g/mol. The van der Waals surface area contributed by atoms with Gasteiger partial charge in [0.1, 0.15) is 0 Å². The summed E-state index contributed by atoms with van der Waals surface area (Å²) < 4.78 is 213. The van der Waals surface area contributed by atoms with Crippen LogP contribution in [0.15, 0.2) is 0 Å². The number of amides is 1. The van der Waals surface area contributed by atoms with Crippen molar-refractivity contribution in [3.63, 3.8) is 0 Å². The number of aliphatic hydroxyl groups is 1. The molecule has 0 atom stereocenters. The molecule has 0 fully saturated rings. The first-order valence-electron chi connectivity index (χ1n) is 8.84. The van der Waals surface area contributed by atoms with E-state index in [0.29, 0.717) is 0 Å². The van der Waals surface area contributed by atoms with Gasteiger partial charge in [0.25, 0.3) is 5.91 Å². The van der Waals surface area contributed by atoms with E-state index in [1.165, 1.54) is 0 Å². The molecule has 35 heavy (non-hydrogen) atoms. The number of hydrogen-bond acceptors (Lipinski definition) is 2. The van der Waals surface area contributed by atoms with Crippen molar-refractivity contribution in [2.45, 2.75) is 72.5 Å². The van der Waals surface area contributed by atoms with E-state index in [4.69, 9.17) is 5.11 Å². The molecule has 3 nitrogen and oxygen atoms in total. The summed E-state index contributed by atoms with van der Waals surface area (Å²) in [6.07, 6.45) is -0.000761. The molecule has 2 N–H and O–H groups in total. The molecular weight excluding hydrogens is 566 g/mol. The molecule has 20 heteroatoms. The molecule has 0 radical (unpaired) electrons. The Morgan fingerprint density at radius 3 is 1.29 bits per heavy atom. The van der Waals surface area contributed by atoms with Crippen LogP contribution < -0.4 is 5.32 Å². The standard InChI is InChI=1S/C15H14ClF16NO2/c16-15(31,32)14(29,30)13(27,28)12(25,26)11(23,24)10(21,22)9(19,20)8(17,18)7(35)33-5-3-1-2-4-6-34/h34H,1-6H2,(H,33,35). The Labute approximate surface area is 189 Å². The third-order valence-electron chi connectivity index (χ3n) is 4.38. The number of hydrogen-bond donors (Lipinski definition) is 2. The summed E-state index contributed by atoms with van der Waals surface area (Å²) in [5.74, 6) is -60.2. The van der Waals surface area contributed by atoms with Crippen LogP contribution in [-0.2, 0) is 4.79 Å². The van der Waals surface area contributed by atoms with Gasteiger partial charge in [0, 0.05) is 13.2 Å². The molecule has 0 saturated carbocycles. The van der Waals surface area contributed by atoms with Gasteiger partial charge in [-0.2, -0.15) is 70.2 Å². The molecule has 1 amide bonds. The predicted octanol–water partition coefficient (Wildman–Crippen LogP) is 5.93. The Bertz CT molecular complexity index is 737. The summed E-state index contributed by atoms with van der Waals surface area (Å²) in [5.41, 5.74) is 0. The van der Waals surface area contributed by atoms with Crippen molar-refractivity contribution in [3.8, 4) is 0 Å². The van der Waals surface area contributed by atoms with E-state index < -0.39 is 59.3 Å². The first-order valence-corrected chi connectivity index (χ1v) is 9.21. The van der Waals surface area contributed by atoms with Gasteiger partial charge < -0.3 is 10.4 Å². The zero-order chi connectivity index (χ0) is 28.5. The van der Waals surface area contributed by atoms with Gasteiger partial charge in [-0.3, -0.25) is 4.79 Å². The van der Waals surface area contributed by atoms with E-state index in [0.717, 1.165) is 5.32 Å². The molecule has 0 aromatic carbocycles. The number of nitrogens with one attached hydrogen (secondary N) is 1. The SMILES string of the molecule is O=C(NCCCCCCO)C(F)(F)C(F)(F)C(F)(F)C(F)(F)C(F)(F)C(F)(F)C(F)(F)C(F)(F)Cl. The van der Waals surface area contributed by atoms with E-state index in [1.54, 1.807) is 0 Å². The van der Waals surface area contributed by atoms with Crippen LogP contribution in [0.5, 0.6) is 0 Å². The summed E-state index contributed by atoms with van der Waals surface area (Å²) in [5, 5.41) is 2.48. The van der Waals surface area contributed by atoms with Crippen molar-refractivity contribution < 1.29 is 80.1 Å². The Morgan fingerprint density at radius 1 is 0.571 bits per heavy atom. The first kappa shape index (κ1) is 33.6. The van der Waals surface area contributed by atoms with Crippen LogP contribution in [0.25, 0.3) is 0 Å². The van der Waals surface area contributed by atoms with E-state index in [9.17, 15) is 75.0 Å². The van der Waals surface area contributed by atoms with Crippen molar-refractivity contribution in [2.24, 2.45) is 0 Å². The average Bonchev–Trinajstić information content (AvgIpc) is 2.68. The van der Waals surface area contributed by atoms with Crippen LogP contribution in [0.2, 0.25) is 0 Å². The minimum absolute atomic E-state index is 0.0117. The maximum absolute atomic E-state index is 13.6. The van der Waals surface area contributed by atoms with Gasteiger partial charge in [-0.1, -0.05) is 12.8 Å². The normalized spacial score (nSPS) is 15.4. The lowest BCUT2D eigenvalue weighted by molar-refractivity contribution is -0.446. The highest BCUT2D eigenvalue weighted by atomic mass is 35.5. The van der Waals surface area contributed by atoms with Gasteiger partial charge >= 0.3 is 46.8 Å². The summed E-state index contributed by atoms with van der Waals surface area (Å²) >= 11 is 3.41. The highest BCUT2D eigenvalue weighted by Crippen LogP contribution is 2.64. The second kappa shape index (κ2) is 10.2. The van der Waals surface area contributed by atoms with Crippen LogP contribution in [0.1, 0.15) is 25.7 Å². The third kappa shape index (κ3) is 5.34. The van der Waals surface area contributed by atoms with E-state index in [-0.39, 0.29) is 32.3 Å². The van der Waals surface area contributed by atoms with Gasteiger partial charge in [0.15, 0.2) is 0 Å². The lowest BCUT2D eigenvalue weighted by atomic mass is 9.89. The molecule has 0 aromatic heterocycles. The van der Waals surface area contributed by atoms with E-state index in [1.807, 2.05) is 0 Å². The molecule has 0 saturated heterocycles. The third-order valence-corrected chi connectivity index (χ3v) is 4.62. The zero-order valence-electron chi connectivity index (χ0n) is 16.5. The van der Waals surface area contributed by atoms with Gasteiger partial charge in [-0.05, 0) is 24.4 Å². The summed E-state index contributed by atoms with van der Waals surface area (Å²) in [6, 6.07) is 0. The molecule has 0 aliphatic heterocycles. The number of carbonyl (C=O) groups excluding carboxylic acids is 1. The van der Waals surface area contributed by atoms with Crippen molar-refractivity contribution in [3.05, 3.63) is 0 Å². The van der Waals surface area contributed by atoms with Crippen LogP contribution in [-0.4, -0.2) is 71.0 Å². The lowest BCUT2D eigenvalue weighted by Gasteiger charge is -2.42. The molecule has 0 aliphatic rings. The maximum atomic E-state index is 13.6. The van der Waals surface area contributed by atoms with Crippen molar-refractivity contribution in [1.82, 2.24) is 5.32 Å². The van der Waals surface area contributed by atoms with Gasteiger partial charge in [-0.25, -0.2) is 0 Å². The fourth-order valence-corrected chi connectivity index (χ4v) is 2.33. The summed E-state index contributed by atoms with van der Waals surface area (Å²) in [4.78, 5) is 11.2. The monoisotopic (exact) mass is 579 g/mol. The van der Waals surface area contributed by atoms with E-state index in [2.05, 4.69) is 11.6 Å². The van der Waals surface area contributed by atoms with Crippen molar-refractivity contribution in [2.75, 3.05) is 13.2 Å². The quantitative estimate of drug-likeness (QED) is 0.152. The topological polar surface area (TPSA) is 49.3 Å².